The monoisotopic (exact) mass is 328 g/mol. The molecule has 0 spiro atoms. The standard InChI is InChI=1S/C18H20N2O4/c21-11-13-7-8-17(20(23)24)16(10-13)19-12-18(22)9-3-5-14-4-1-2-6-15(14)18/h1-2,4,6-8,10,19,21-22H,3,5,9,11-12H2. The van der Waals surface area contributed by atoms with Crippen molar-refractivity contribution in [3.05, 3.63) is 69.3 Å². The van der Waals surface area contributed by atoms with E-state index in [2.05, 4.69) is 5.32 Å². The third-order valence-corrected chi connectivity index (χ3v) is 4.57. The van der Waals surface area contributed by atoms with E-state index in [0.29, 0.717) is 17.7 Å². The van der Waals surface area contributed by atoms with Crippen molar-refractivity contribution >= 4 is 11.4 Å². The maximum atomic E-state index is 11.2. The molecule has 0 amide bonds. The molecule has 1 atom stereocenters. The quantitative estimate of drug-likeness (QED) is 0.579. The number of nitro groups is 1. The van der Waals surface area contributed by atoms with Crippen molar-refractivity contribution in [2.75, 3.05) is 11.9 Å². The molecule has 126 valence electrons. The summed E-state index contributed by atoms with van der Waals surface area (Å²) in [7, 11) is 0. The van der Waals surface area contributed by atoms with Gasteiger partial charge in [-0.1, -0.05) is 24.3 Å². The molecule has 0 radical (unpaired) electrons. The van der Waals surface area contributed by atoms with Crippen LogP contribution in [-0.4, -0.2) is 21.7 Å². The van der Waals surface area contributed by atoms with E-state index in [9.17, 15) is 20.3 Å². The van der Waals surface area contributed by atoms with Crippen LogP contribution in [0.5, 0.6) is 0 Å². The number of fused-ring (bicyclic) bond motifs is 1. The summed E-state index contributed by atoms with van der Waals surface area (Å²) >= 11 is 0. The largest absolute Gasteiger partial charge is 0.392 e. The average molecular weight is 328 g/mol. The molecule has 0 heterocycles. The lowest BCUT2D eigenvalue weighted by molar-refractivity contribution is -0.384. The highest BCUT2D eigenvalue weighted by Crippen LogP contribution is 2.36. The molecule has 3 rings (SSSR count). The Hall–Kier alpha value is -2.44. The fourth-order valence-corrected chi connectivity index (χ4v) is 3.31. The Balaban J connectivity index is 1.87. The van der Waals surface area contributed by atoms with Crippen molar-refractivity contribution < 1.29 is 15.1 Å². The van der Waals surface area contributed by atoms with Gasteiger partial charge in [0.15, 0.2) is 0 Å². The summed E-state index contributed by atoms with van der Waals surface area (Å²) < 4.78 is 0. The number of nitrogens with zero attached hydrogens (tertiary/aromatic N) is 1. The molecule has 1 unspecified atom stereocenters. The first kappa shape index (κ1) is 16.4. The maximum absolute atomic E-state index is 11.2. The van der Waals surface area contributed by atoms with Crippen molar-refractivity contribution in [1.29, 1.82) is 0 Å². The summed E-state index contributed by atoms with van der Waals surface area (Å²) in [6.45, 7) is -0.0144. The highest BCUT2D eigenvalue weighted by Gasteiger charge is 2.34. The fourth-order valence-electron chi connectivity index (χ4n) is 3.31. The molecule has 24 heavy (non-hydrogen) atoms. The van der Waals surface area contributed by atoms with E-state index >= 15 is 0 Å². The molecule has 3 N–H and O–H groups in total. The second-order valence-electron chi connectivity index (χ2n) is 6.16. The van der Waals surface area contributed by atoms with Gasteiger partial charge >= 0.3 is 0 Å². The second kappa shape index (κ2) is 6.59. The van der Waals surface area contributed by atoms with Gasteiger partial charge in [-0.2, -0.15) is 0 Å². The van der Waals surface area contributed by atoms with Gasteiger partial charge in [0.05, 0.1) is 11.5 Å². The number of anilines is 1. The Kier molecular flexibility index (Phi) is 4.51. The molecular formula is C18H20N2O4. The van der Waals surface area contributed by atoms with Crippen molar-refractivity contribution in [1.82, 2.24) is 0 Å². The van der Waals surface area contributed by atoms with Gasteiger partial charge in [0.1, 0.15) is 11.3 Å². The number of aliphatic hydroxyl groups excluding tert-OH is 1. The Morgan fingerprint density at radius 1 is 1.25 bits per heavy atom. The summed E-state index contributed by atoms with van der Waals surface area (Å²) in [5.41, 5.74) is 1.76. The van der Waals surface area contributed by atoms with Crippen LogP contribution in [0.15, 0.2) is 42.5 Å². The van der Waals surface area contributed by atoms with Crippen LogP contribution in [0.25, 0.3) is 0 Å². The lowest BCUT2D eigenvalue weighted by Crippen LogP contribution is -2.37. The zero-order valence-corrected chi connectivity index (χ0v) is 13.2. The Labute approximate surface area is 139 Å². The van der Waals surface area contributed by atoms with E-state index in [1.807, 2.05) is 24.3 Å². The van der Waals surface area contributed by atoms with Gasteiger partial charge in [-0.05, 0) is 48.1 Å². The molecule has 0 aromatic heterocycles. The molecule has 0 fully saturated rings. The minimum atomic E-state index is -1.06. The number of nitrogens with one attached hydrogen (secondary N) is 1. The minimum absolute atomic E-state index is 0.0695. The number of aryl methyl sites for hydroxylation is 1. The fraction of sp³-hybridized carbons (Fsp3) is 0.333. The topological polar surface area (TPSA) is 95.6 Å². The van der Waals surface area contributed by atoms with E-state index in [1.54, 1.807) is 6.07 Å². The first-order valence-electron chi connectivity index (χ1n) is 7.96. The van der Waals surface area contributed by atoms with Crippen molar-refractivity contribution in [2.45, 2.75) is 31.5 Å². The molecule has 1 aliphatic carbocycles. The molecule has 0 aliphatic heterocycles. The molecule has 6 nitrogen and oxygen atoms in total. The minimum Gasteiger partial charge on any atom is -0.392 e. The molecule has 0 saturated carbocycles. The van der Waals surface area contributed by atoms with Crippen LogP contribution < -0.4 is 5.32 Å². The number of hydrogen-bond donors (Lipinski definition) is 3. The summed E-state index contributed by atoms with van der Waals surface area (Å²) in [6, 6.07) is 12.2. The molecule has 2 aromatic rings. The Morgan fingerprint density at radius 3 is 2.79 bits per heavy atom. The van der Waals surface area contributed by atoms with Gasteiger partial charge < -0.3 is 15.5 Å². The smallest absolute Gasteiger partial charge is 0.292 e. The normalized spacial score (nSPS) is 19.6. The maximum Gasteiger partial charge on any atom is 0.292 e. The molecular weight excluding hydrogens is 308 g/mol. The number of nitro benzene ring substituents is 1. The molecule has 0 bridgehead atoms. The highest BCUT2D eigenvalue weighted by atomic mass is 16.6. The number of benzene rings is 2. The average Bonchev–Trinajstić information content (AvgIpc) is 2.60. The third-order valence-electron chi connectivity index (χ3n) is 4.57. The van der Waals surface area contributed by atoms with Gasteiger partial charge in [0.25, 0.3) is 5.69 Å². The highest BCUT2D eigenvalue weighted by molar-refractivity contribution is 5.63. The van der Waals surface area contributed by atoms with Gasteiger partial charge in [-0.15, -0.1) is 0 Å². The van der Waals surface area contributed by atoms with Crippen molar-refractivity contribution in [2.24, 2.45) is 0 Å². The van der Waals surface area contributed by atoms with Crippen molar-refractivity contribution in [3.63, 3.8) is 0 Å². The Bertz CT molecular complexity index is 762. The molecule has 2 aromatic carbocycles. The van der Waals surface area contributed by atoms with Crippen LogP contribution in [0.2, 0.25) is 0 Å². The van der Waals surface area contributed by atoms with Gasteiger partial charge in [-0.3, -0.25) is 10.1 Å². The summed E-state index contributed by atoms with van der Waals surface area (Å²) in [5, 5.41) is 34.5. The SMILES string of the molecule is O=[N+]([O-])c1ccc(CO)cc1NCC1(O)CCCc2ccccc21. The van der Waals surface area contributed by atoms with Gasteiger partial charge in [-0.25, -0.2) is 0 Å². The van der Waals surface area contributed by atoms with E-state index < -0.39 is 10.5 Å². The van der Waals surface area contributed by atoms with Crippen LogP contribution in [0, 0.1) is 10.1 Å². The summed E-state index contributed by atoms with van der Waals surface area (Å²) in [5.74, 6) is 0. The summed E-state index contributed by atoms with van der Waals surface area (Å²) in [4.78, 5) is 10.7. The van der Waals surface area contributed by atoms with Gasteiger partial charge in [0.2, 0.25) is 0 Å². The van der Waals surface area contributed by atoms with Crippen LogP contribution >= 0.6 is 0 Å². The zero-order chi connectivity index (χ0) is 17.2. The van der Waals surface area contributed by atoms with E-state index in [-0.39, 0.29) is 18.8 Å². The van der Waals surface area contributed by atoms with Crippen LogP contribution in [0.3, 0.4) is 0 Å². The molecule has 6 heteroatoms. The first-order valence-corrected chi connectivity index (χ1v) is 7.96. The molecule has 0 saturated heterocycles. The first-order chi connectivity index (χ1) is 11.5. The summed E-state index contributed by atoms with van der Waals surface area (Å²) in [6.07, 6.45) is 2.40. The van der Waals surface area contributed by atoms with Crippen LogP contribution in [0.4, 0.5) is 11.4 Å². The van der Waals surface area contributed by atoms with Gasteiger partial charge in [0, 0.05) is 12.6 Å². The third kappa shape index (κ3) is 3.11. The Morgan fingerprint density at radius 2 is 2.04 bits per heavy atom. The molecule has 1 aliphatic rings. The lowest BCUT2D eigenvalue weighted by Gasteiger charge is -2.35. The predicted molar refractivity (Wildman–Crippen MR) is 90.8 cm³/mol. The number of rotatable bonds is 5. The van der Waals surface area contributed by atoms with E-state index in [1.165, 1.54) is 12.1 Å². The zero-order valence-electron chi connectivity index (χ0n) is 13.2. The number of hydrogen-bond acceptors (Lipinski definition) is 5. The number of aliphatic hydroxyl groups is 2. The predicted octanol–water partition coefficient (Wildman–Crippen LogP) is 2.72. The lowest BCUT2D eigenvalue weighted by atomic mass is 9.79. The van der Waals surface area contributed by atoms with Crippen molar-refractivity contribution in [3.8, 4) is 0 Å². The van der Waals surface area contributed by atoms with Crippen LogP contribution in [0.1, 0.15) is 29.5 Å². The van der Waals surface area contributed by atoms with Crippen LogP contribution in [-0.2, 0) is 18.6 Å². The second-order valence-corrected chi connectivity index (χ2v) is 6.16. The van der Waals surface area contributed by atoms with E-state index in [4.69, 9.17) is 0 Å². The van der Waals surface area contributed by atoms with E-state index in [0.717, 1.165) is 24.0 Å².